The number of amides is 1. The maximum absolute atomic E-state index is 11.5. The number of benzene rings is 1. The predicted molar refractivity (Wildman–Crippen MR) is 84.0 cm³/mol. The van der Waals surface area contributed by atoms with Crippen LogP contribution in [0.15, 0.2) is 18.2 Å². The van der Waals surface area contributed by atoms with Gasteiger partial charge in [-0.25, -0.2) is 0 Å². The molecule has 0 saturated carbocycles. The van der Waals surface area contributed by atoms with Crippen molar-refractivity contribution in [2.24, 2.45) is 0 Å². The highest BCUT2D eigenvalue weighted by atomic mass is 16.5. The molecule has 0 unspecified atom stereocenters. The molecule has 1 heterocycles. The summed E-state index contributed by atoms with van der Waals surface area (Å²) in [6, 6.07) is 6.23. The Hall–Kier alpha value is -1.63. The van der Waals surface area contributed by atoms with Gasteiger partial charge in [0.05, 0.1) is 13.7 Å². The number of fused-ring (bicyclic) bond motifs is 1. The normalized spacial score (nSPS) is 16.5. The van der Waals surface area contributed by atoms with E-state index in [2.05, 4.69) is 16.3 Å². The van der Waals surface area contributed by atoms with Gasteiger partial charge in [-0.2, -0.15) is 5.48 Å². The van der Waals surface area contributed by atoms with E-state index >= 15 is 0 Å². The zero-order valence-corrected chi connectivity index (χ0v) is 13.3. The van der Waals surface area contributed by atoms with Gasteiger partial charge >= 0.3 is 0 Å². The van der Waals surface area contributed by atoms with Gasteiger partial charge in [-0.1, -0.05) is 12.1 Å². The van der Waals surface area contributed by atoms with Crippen molar-refractivity contribution in [1.29, 1.82) is 0 Å². The van der Waals surface area contributed by atoms with Crippen LogP contribution in [-0.4, -0.2) is 48.8 Å². The number of methoxy groups -OCH3 is 1. The number of nitrogens with one attached hydrogen (secondary N) is 2. The smallest absolute Gasteiger partial charge is 0.236 e. The molecule has 0 saturated heterocycles. The molecule has 0 bridgehead atoms. The highest BCUT2D eigenvalue weighted by Gasteiger charge is 2.19. The Bertz CT molecular complexity index is 507. The van der Waals surface area contributed by atoms with Crippen molar-refractivity contribution in [2.75, 3.05) is 26.7 Å². The quantitative estimate of drug-likeness (QED) is 0.682. The molecule has 1 aromatic carbocycles. The van der Waals surface area contributed by atoms with Crippen LogP contribution in [0.25, 0.3) is 0 Å². The number of rotatable bonds is 6. The molecule has 0 radical (unpaired) electrons. The number of hydrogen-bond acceptors (Lipinski definition) is 5. The molecular formula is C16H25N3O3. The van der Waals surface area contributed by atoms with Crippen molar-refractivity contribution in [3.63, 3.8) is 0 Å². The third-order valence-corrected chi connectivity index (χ3v) is 3.93. The first-order valence-corrected chi connectivity index (χ1v) is 7.67. The fourth-order valence-electron chi connectivity index (χ4n) is 3.00. The summed E-state index contributed by atoms with van der Waals surface area (Å²) in [5, 5.41) is 11.4. The maximum atomic E-state index is 11.5. The molecule has 2 rings (SSSR count). The van der Waals surface area contributed by atoms with Crippen LogP contribution in [0.4, 0.5) is 0 Å². The molecule has 1 atom stereocenters. The molecule has 0 aromatic heterocycles. The lowest BCUT2D eigenvalue weighted by molar-refractivity contribution is -0.122. The van der Waals surface area contributed by atoms with Gasteiger partial charge in [0.25, 0.3) is 0 Å². The van der Waals surface area contributed by atoms with E-state index in [0.29, 0.717) is 0 Å². The molecule has 0 fully saturated rings. The van der Waals surface area contributed by atoms with E-state index in [0.717, 1.165) is 38.2 Å². The molecule has 122 valence electrons. The first-order chi connectivity index (χ1) is 10.6. The van der Waals surface area contributed by atoms with Crippen molar-refractivity contribution < 1.29 is 14.7 Å². The second-order valence-electron chi connectivity index (χ2n) is 5.74. The number of carbonyl (C=O) groups is 1. The van der Waals surface area contributed by atoms with Crippen LogP contribution in [0, 0.1) is 0 Å². The Morgan fingerprint density at radius 1 is 1.50 bits per heavy atom. The Morgan fingerprint density at radius 2 is 2.32 bits per heavy atom. The summed E-state index contributed by atoms with van der Waals surface area (Å²) in [6.07, 6.45) is 2.15. The second-order valence-corrected chi connectivity index (χ2v) is 5.74. The minimum Gasteiger partial charge on any atom is -0.496 e. The predicted octanol–water partition coefficient (Wildman–Crippen LogP) is 0.927. The third kappa shape index (κ3) is 4.43. The van der Waals surface area contributed by atoms with Gasteiger partial charge in [0.2, 0.25) is 5.91 Å². The second kappa shape index (κ2) is 8.12. The van der Waals surface area contributed by atoms with E-state index < -0.39 is 0 Å². The summed E-state index contributed by atoms with van der Waals surface area (Å²) in [5.74, 6) is 0.730. The van der Waals surface area contributed by atoms with Crippen LogP contribution < -0.4 is 15.5 Å². The van der Waals surface area contributed by atoms with Crippen molar-refractivity contribution in [1.82, 2.24) is 15.7 Å². The third-order valence-electron chi connectivity index (χ3n) is 3.93. The van der Waals surface area contributed by atoms with Crippen molar-refractivity contribution in [3.8, 4) is 5.75 Å². The van der Waals surface area contributed by atoms with E-state index in [-0.39, 0.29) is 18.5 Å². The van der Waals surface area contributed by atoms with Gasteiger partial charge in [0.1, 0.15) is 5.75 Å². The van der Waals surface area contributed by atoms with Gasteiger partial charge in [-0.15, -0.1) is 0 Å². The molecule has 1 aliphatic rings. The summed E-state index contributed by atoms with van der Waals surface area (Å²) in [6.45, 7) is 4.49. The summed E-state index contributed by atoms with van der Waals surface area (Å²) in [4.78, 5) is 13.8. The number of carbonyl (C=O) groups excluding carboxylic acids is 1. The van der Waals surface area contributed by atoms with Crippen LogP contribution in [0.2, 0.25) is 0 Å². The zero-order chi connectivity index (χ0) is 15.9. The minimum atomic E-state index is -0.206. The highest BCUT2D eigenvalue weighted by Crippen LogP contribution is 2.27. The standard InChI is InChI=1S/C16H25N3O3/c1-12(18-16(20)9-17-21)10-19-8-4-6-13-5-3-7-15(22-2)14(13)11-19/h3,5,7,12,17,21H,4,6,8-11H2,1-2H3,(H,18,20)/t12-/m0/s1. The summed E-state index contributed by atoms with van der Waals surface area (Å²) < 4.78 is 5.49. The molecule has 3 N–H and O–H groups in total. The van der Waals surface area contributed by atoms with Gasteiger partial charge in [-0.05, 0) is 37.9 Å². The Kier molecular flexibility index (Phi) is 6.18. The number of aryl methyl sites for hydroxylation is 1. The molecular weight excluding hydrogens is 282 g/mol. The van der Waals surface area contributed by atoms with Gasteiger partial charge in [0.15, 0.2) is 0 Å². The largest absolute Gasteiger partial charge is 0.496 e. The Morgan fingerprint density at radius 3 is 3.05 bits per heavy atom. The van der Waals surface area contributed by atoms with Crippen LogP contribution in [0.5, 0.6) is 5.75 Å². The Balaban J connectivity index is 1.99. The lowest BCUT2D eigenvalue weighted by Crippen LogP contribution is -2.44. The highest BCUT2D eigenvalue weighted by molar-refractivity contribution is 5.78. The number of hydrogen-bond donors (Lipinski definition) is 3. The first-order valence-electron chi connectivity index (χ1n) is 7.67. The van der Waals surface area contributed by atoms with E-state index in [1.165, 1.54) is 11.1 Å². The van der Waals surface area contributed by atoms with E-state index in [9.17, 15) is 4.79 Å². The van der Waals surface area contributed by atoms with Gasteiger partial charge in [0, 0.05) is 24.7 Å². The molecule has 6 nitrogen and oxygen atoms in total. The van der Waals surface area contributed by atoms with Crippen molar-refractivity contribution in [3.05, 3.63) is 29.3 Å². The van der Waals surface area contributed by atoms with E-state index in [1.807, 2.05) is 24.5 Å². The van der Waals surface area contributed by atoms with E-state index in [1.54, 1.807) is 7.11 Å². The van der Waals surface area contributed by atoms with Crippen LogP contribution in [0.3, 0.4) is 0 Å². The fourth-order valence-corrected chi connectivity index (χ4v) is 3.00. The van der Waals surface area contributed by atoms with Crippen LogP contribution in [-0.2, 0) is 17.8 Å². The zero-order valence-electron chi connectivity index (χ0n) is 13.3. The molecule has 0 spiro atoms. The number of nitrogens with zero attached hydrogens (tertiary/aromatic N) is 1. The van der Waals surface area contributed by atoms with Crippen molar-refractivity contribution in [2.45, 2.75) is 32.4 Å². The monoisotopic (exact) mass is 307 g/mol. The van der Waals surface area contributed by atoms with Crippen molar-refractivity contribution >= 4 is 5.91 Å². The molecule has 1 amide bonds. The molecule has 1 aromatic rings. The summed E-state index contributed by atoms with van der Waals surface area (Å²) in [5.41, 5.74) is 4.47. The minimum absolute atomic E-state index is 0.0251. The van der Waals surface area contributed by atoms with Crippen LogP contribution >= 0.6 is 0 Å². The van der Waals surface area contributed by atoms with E-state index in [4.69, 9.17) is 9.94 Å². The lowest BCUT2D eigenvalue weighted by atomic mass is 10.0. The maximum Gasteiger partial charge on any atom is 0.236 e. The summed E-state index contributed by atoms with van der Waals surface area (Å²) >= 11 is 0. The Labute approximate surface area is 131 Å². The topological polar surface area (TPSA) is 73.8 Å². The average molecular weight is 307 g/mol. The van der Waals surface area contributed by atoms with Gasteiger partial charge < -0.3 is 15.3 Å². The summed E-state index contributed by atoms with van der Waals surface area (Å²) in [7, 11) is 1.70. The molecule has 22 heavy (non-hydrogen) atoms. The average Bonchev–Trinajstić information content (AvgIpc) is 2.68. The first kappa shape index (κ1) is 16.7. The molecule has 6 heteroatoms. The molecule has 1 aliphatic heterocycles. The molecule has 0 aliphatic carbocycles. The van der Waals surface area contributed by atoms with Crippen LogP contribution in [0.1, 0.15) is 24.5 Å². The SMILES string of the molecule is COc1cccc2c1CN(C[C@H](C)NC(=O)CNO)CCC2. The number of ether oxygens (including phenoxy) is 1. The number of hydroxylamine groups is 1. The van der Waals surface area contributed by atoms with Gasteiger partial charge in [-0.3, -0.25) is 9.69 Å². The fraction of sp³-hybridized carbons (Fsp3) is 0.562. The lowest BCUT2D eigenvalue weighted by Gasteiger charge is -2.25.